The molecule has 0 saturated carbocycles. The number of likely N-dealkylation sites (N-methyl/N-ethyl adjacent to an activating group) is 1. The third-order valence-electron chi connectivity index (χ3n) is 13.5. The number of rotatable bonds is 8. The third-order valence-corrected chi connectivity index (χ3v) is 13.5. The molecule has 3 N–H and O–H groups in total. The normalized spacial score (nSPS) is 21.7. The number of carbonyl (C=O) groups excluding carboxylic acids is 5. The number of aromatic nitrogens is 2. The van der Waals surface area contributed by atoms with E-state index in [1.807, 2.05) is 45.2 Å². The molecular weight excluding hydrogens is 839 g/mol. The number of methoxy groups -OCH3 is 1. The van der Waals surface area contributed by atoms with Crippen molar-refractivity contribution in [3.63, 3.8) is 0 Å². The predicted octanol–water partition coefficient (Wildman–Crippen LogP) is 6.68. The van der Waals surface area contributed by atoms with Crippen LogP contribution in [0.3, 0.4) is 0 Å². The first kappa shape index (κ1) is 48.0. The number of aromatic hydroxyl groups is 1. The number of benzene rings is 2. The Bertz CT molecular complexity index is 2500. The molecule has 4 amide bonds. The summed E-state index contributed by atoms with van der Waals surface area (Å²) < 4.78 is 13.4. The van der Waals surface area contributed by atoms with Crippen LogP contribution in [0.5, 0.6) is 5.75 Å². The van der Waals surface area contributed by atoms with Gasteiger partial charge in [-0.25, -0.2) is 10.2 Å². The molecule has 0 spiro atoms. The number of nitrogens with one attached hydrogen (secondary N) is 2. The lowest BCUT2D eigenvalue weighted by atomic mass is 9.83. The predicted molar refractivity (Wildman–Crippen MR) is 252 cm³/mol. The standard InChI is InChI=1S/C51H67N7O8/c1-11-57-42-17-16-33-24-37(42)38(45(57)36-14-12-18-52-43(36)29(2)3)25-51(7,8)28-66-49(63)40-15-13-19-58(54-40)48(62)41(22-32-20-34(33)23-35(59)21-32)53-46(60)44(30(4)5)55(9)47(61)39-27-56(26-31(39)6)50(64)65-10/h12,14,16-18,20-21,23-24,29-31,39-41,44,54,59H,11,13,15,19,22,25-28H2,1-10H3,(H,53,60)/t31-,39+,40-,41-,44-/m0/s1. The number of pyridine rings is 1. The van der Waals surface area contributed by atoms with Gasteiger partial charge in [-0.05, 0) is 103 Å². The van der Waals surface area contributed by atoms with Crippen LogP contribution < -0.4 is 10.7 Å². The number of hydrazine groups is 1. The summed E-state index contributed by atoms with van der Waals surface area (Å²) in [5.41, 5.74) is 10.0. The molecule has 3 aliphatic heterocycles. The van der Waals surface area contributed by atoms with Crippen molar-refractivity contribution in [1.82, 2.24) is 35.1 Å². The van der Waals surface area contributed by atoms with Gasteiger partial charge in [-0.15, -0.1) is 0 Å². The number of hydrogen-bond acceptors (Lipinski definition) is 10. The van der Waals surface area contributed by atoms with E-state index < -0.39 is 53.3 Å². The lowest BCUT2D eigenvalue weighted by Gasteiger charge is -2.37. The van der Waals surface area contributed by atoms with Gasteiger partial charge >= 0.3 is 12.1 Å². The number of fused-ring (bicyclic) bond motifs is 6. The van der Waals surface area contributed by atoms with Gasteiger partial charge in [0.2, 0.25) is 11.8 Å². The summed E-state index contributed by atoms with van der Waals surface area (Å²) >= 11 is 0. The van der Waals surface area contributed by atoms with Crippen molar-refractivity contribution >= 4 is 40.7 Å². The van der Waals surface area contributed by atoms with Gasteiger partial charge in [-0.2, -0.15) is 0 Å². The molecule has 2 saturated heterocycles. The van der Waals surface area contributed by atoms with Gasteiger partial charge < -0.3 is 34.3 Å². The molecule has 15 nitrogen and oxygen atoms in total. The van der Waals surface area contributed by atoms with Crippen molar-refractivity contribution in [3.8, 4) is 28.1 Å². The second-order valence-corrected chi connectivity index (χ2v) is 19.9. The Labute approximate surface area is 388 Å². The molecule has 2 aromatic carbocycles. The van der Waals surface area contributed by atoms with Gasteiger partial charge in [0.05, 0.1) is 31.0 Å². The molecular formula is C51H67N7O8. The smallest absolute Gasteiger partial charge is 0.409 e. The molecule has 4 aromatic rings. The van der Waals surface area contributed by atoms with Gasteiger partial charge in [0.25, 0.3) is 5.91 Å². The molecule has 5 heterocycles. The second kappa shape index (κ2) is 19.5. The van der Waals surface area contributed by atoms with E-state index in [4.69, 9.17) is 14.5 Å². The summed E-state index contributed by atoms with van der Waals surface area (Å²) in [6.45, 7) is 17.8. The fourth-order valence-electron chi connectivity index (χ4n) is 10.2. The van der Waals surface area contributed by atoms with Gasteiger partial charge in [-0.3, -0.25) is 29.2 Å². The van der Waals surface area contributed by atoms with E-state index in [-0.39, 0.29) is 55.5 Å². The van der Waals surface area contributed by atoms with Crippen LogP contribution >= 0.6 is 0 Å². The number of esters is 1. The van der Waals surface area contributed by atoms with Crippen LogP contribution in [-0.2, 0) is 48.0 Å². The first-order chi connectivity index (χ1) is 31.3. The maximum absolute atomic E-state index is 14.7. The number of aryl methyl sites for hydroxylation is 1. The molecule has 3 aliphatic rings. The number of cyclic esters (lactones) is 1. The average Bonchev–Trinajstić information content (AvgIpc) is 3.82. The Morgan fingerprint density at radius 3 is 2.52 bits per heavy atom. The number of ether oxygens (including phenoxy) is 2. The molecule has 0 unspecified atom stereocenters. The lowest BCUT2D eigenvalue weighted by molar-refractivity contribution is -0.155. The van der Waals surface area contributed by atoms with E-state index in [1.165, 1.54) is 21.9 Å². The Morgan fingerprint density at radius 1 is 1.06 bits per heavy atom. The fourth-order valence-corrected chi connectivity index (χ4v) is 10.2. The molecule has 0 radical (unpaired) electrons. The van der Waals surface area contributed by atoms with Crippen LogP contribution in [0.15, 0.2) is 54.7 Å². The molecule has 6 bridgehead atoms. The van der Waals surface area contributed by atoms with Crippen molar-refractivity contribution in [2.75, 3.05) is 40.4 Å². The fraction of sp³-hybridized carbons (Fsp3) is 0.529. The number of phenols is 1. The van der Waals surface area contributed by atoms with Crippen LogP contribution in [0.2, 0.25) is 0 Å². The topological polar surface area (TPSA) is 176 Å². The summed E-state index contributed by atoms with van der Waals surface area (Å²) in [6, 6.07) is 12.7. The van der Waals surface area contributed by atoms with Crippen molar-refractivity contribution in [1.29, 1.82) is 0 Å². The van der Waals surface area contributed by atoms with Gasteiger partial charge in [-0.1, -0.05) is 60.6 Å². The third kappa shape index (κ3) is 9.77. The summed E-state index contributed by atoms with van der Waals surface area (Å²) in [6.07, 6.45) is 2.84. The van der Waals surface area contributed by atoms with E-state index in [2.05, 4.69) is 68.1 Å². The monoisotopic (exact) mass is 906 g/mol. The molecule has 5 atom stereocenters. The van der Waals surface area contributed by atoms with Crippen LogP contribution in [-0.4, -0.2) is 118 Å². The van der Waals surface area contributed by atoms with E-state index in [0.717, 1.165) is 44.5 Å². The Kier molecular flexibility index (Phi) is 14.2. The van der Waals surface area contributed by atoms with Crippen LogP contribution in [0.1, 0.15) is 91.0 Å². The number of likely N-dealkylation sites (tertiary alicyclic amines) is 1. The van der Waals surface area contributed by atoms with Crippen molar-refractivity contribution in [2.24, 2.45) is 23.2 Å². The number of nitrogens with zero attached hydrogens (tertiary/aromatic N) is 5. The SMILES string of the molecule is CCn1c(-c2cccnc2C(C)C)c2c3cc(ccc31)-c1cc(O)cc(c1)C[C@H](NC(=O)[C@H](C(C)C)N(C)C(=O)[C@@H]1CN(C(=O)OC)C[C@@H]1C)C(=O)N1CCC[C@H](N1)C(=O)OCC(C)(C)C2. The van der Waals surface area contributed by atoms with Crippen molar-refractivity contribution in [3.05, 3.63) is 71.5 Å². The maximum atomic E-state index is 14.7. The largest absolute Gasteiger partial charge is 0.508 e. The first-order valence-electron chi connectivity index (χ1n) is 23.4. The zero-order chi connectivity index (χ0) is 47.8. The highest BCUT2D eigenvalue weighted by atomic mass is 16.5. The van der Waals surface area contributed by atoms with Crippen molar-refractivity contribution in [2.45, 2.75) is 112 Å². The minimum Gasteiger partial charge on any atom is -0.508 e. The van der Waals surface area contributed by atoms with Crippen LogP contribution in [0, 0.1) is 23.2 Å². The number of hydrogen-bond donors (Lipinski definition) is 3. The van der Waals surface area contributed by atoms with Crippen LogP contribution in [0.4, 0.5) is 4.79 Å². The van der Waals surface area contributed by atoms with Gasteiger partial charge in [0.1, 0.15) is 23.9 Å². The Morgan fingerprint density at radius 2 is 1.82 bits per heavy atom. The summed E-state index contributed by atoms with van der Waals surface area (Å²) in [5.74, 6) is -2.70. The summed E-state index contributed by atoms with van der Waals surface area (Å²) in [5, 5.41) is 16.8. The molecule has 66 heavy (non-hydrogen) atoms. The van der Waals surface area contributed by atoms with Crippen molar-refractivity contribution < 1.29 is 38.6 Å². The Hall–Kier alpha value is -5.96. The van der Waals surface area contributed by atoms with Crippen LogP contribution in [0.25, 0.3) is 33.3 Å². The minimum atomic E-state index is -1.16. The first-order valence-corrected chi connectivity index (χ1v) is 23.4. The number of carbonyl (C=O) groups is 5. The van der Waals surface area contributed by atoms with E-state index in [9.17, 15) is 29.1 Å². The number of phenolic OH excluding ortho intramolecular Hbond substituents is 1. The quantitative estimate of drug-likeness (QED) is 0.162. The number of amides is 4. The highest BCUT2D eigenvalue weighted by Gasteiger charge is 2.43. The zero-order valence-electron chi connectivity index (χ0n) is 40.1. The molecule has 354 valence electrons. The molecule has 0 aliphatic carbocycles. The average molecular weight is 906 g/mol. The van der Waals surface area contributed by atoms with Gasteiger partial charge in [0.15, 0.2) is 0 Å². The minimum absolute atomic E-state index is 0.00406. The summed E-state index contributed by atoms with van der Waals surface area (Å²) in [7, 11) is 2.88. The lowest BCUT2D eigenvalue weighted by Crippen LogP contribution is -2.62. The maximum Gasteiger partial charge on any atom is 0.409 e. The summed E-state index contributed by atoms with van der Waals surface area (Å²) in [4.78, 5) is 77.4. The molecule has 7 rings (SSSR count). The van der Waals surface area contributed by atoms with E-state index in [1.54, 1.807) is 19.2 Å². The molecule has 2 aromatic heterocycles. The Balaban J connectivity index is 1.30. The zero-order valence-corrected chi connectivity index (χ0v) is 40.1. The molecule has 15 heteroatoms. The highest BCUT2D eigenvalue weighted by molar-refractivity contribution is 5.96. The second-order valence-electron chi connectivity index (χ2n) is 19.9. The highest BCUT2D eigenvalue weighted by Crippen LogP contribution is 2.42. The van der Waals surface area contributed by atoms with Gasteiger partial charge in [0, 0.05) is 67.7 Å². The van der Waals surface area contributed by atoms with E-state index in [0.29, 0.717) is 37.9 Å². The van der Waals surface area contributed by atoms with E-state index >= 15 is 0 Å². The molecule has 2 fully saturated rings.